The first-order valence-electron chi connectivity index (χ1n) is 7.07. The minimum Gasteiger partial charge on any atom is -0.333 e. The number of primary sulfonamides is 1. The van der Waals surface area contributed by atoms with Crippen molar-refractivity contribution in [1.29, 1.82) is 0 Å². The van der Waals surface area contributed by atoms with Crippen molar-refractivity contribution < 1.29 is 21.6 Å². The van der Waals surface area contributed by atoms with E-state index in [2.05, 4.69) is 5.32 Å². The molecule has 0 aliphatic rings. The molecule has 0 atom stereocenters. The molecule has 0 saturated heterocycles. The number of nitrogens with two attached hydrogens (primary N) is 1. The minimum atomic E-state index is -3.96. The van der Waals surface area contributed by atoms with Crippen LogP contribution in [0.5, 0.6) is 0 Å². The highest BCUT2D eigenvalue weighted by Crippen LogP contribution is 2.10. The lowest BCUT2D eigenvalue weighted by molar-refractivity contribution is 0.245. The fourth-order valence-electron chi connectivity index (χ4n) is 1.91. The van der Waals surface area contributed by atoms with Gasteiger partial charge in [-0.25, -0.2) is 31.5 Å². The summed E-state index contributed by atoms with van der Waals surface area (Å²) in [6, 6.07) is 10.7. The van der Waals surface area contributed by atoms with Crippen LogP contribution in [0.4, 0.5) is 4.79 Å². The molecule has 10 heteroatoms. The number of hydrogen-bond donors (Lipinski definition) is 3. The van der Waals surface area contributed by atoms with Crippen molar-refractivity contribution in [3.63, 3.8) is 0 Å². The fraction of sp³-hybridized carbons (Fsp3) is 0.133. The van der Waals surface area contributed by atoms with Crippen LogP contribution in [0.25, 0.3) is 0 Å². The van der Waals surface area contributed by atoms with E-state index in [9.17, 15) is 21.6 Å². The average Bonchev–Trinajstić information content (AvgIpc) is 2.52. The van der Waals surface area contributed by atoms with E-state index in [1.54, 1.807) is 12.1 Å². The van der Waals surface area contributed by atoms with Crippen molar-refractivity contribution in [3.8, 4) is 0 Å². The van der Waals surface area contributed by atoms with Crippen LogP contribution in [0.1, 0.15) is 11.1 Å². The summed E-state index contributed by atoms with van der Waals surface area (Å²) < 4.78 is 48.3. The zero-order valence-corrected chi connectivity index (χ0v) is 14.9. The van der Waals surface area contributed by atoms with E-state index in [4.69, 9.17) is 5.14 Å². The Balaban J connectivity index is 1.97. The summed E-state index contributed by atoms with van der Waals surface area (Å²) in [6.07, 6.45) is 0. The minimum absolute atomic E-state index is 0.0140. The molecule has 0 heterocycles. The standard InChI is InChI=1S/C15H17N3O5S2/c1-11-2-6-14(7-3-11)25(22,23)18-15(19)17-10-12-4-8-13(9-5-12)24(16,20)21/h2-9H,10H2,1H3,(H2,16,20,21)(H2,17,18,19). The van der Waals surface area contributed by atoms with Gasteiger partial charge < -0.3 is 5.32 Å². The van der Waals surface area contributed by atoms with Gasteiger partial charge in [-0.05, 0) is 36.8 Å². The van der Waals surface area contributed by atoms with Crippen LogP contribution in [0.2, 0.25) is 0 Å². The third-order valence-corrected chi connectivity index (χ3v) is 5.54. The van der Waals surface area contributed by atoms with E-state index in [0.29, 0.717) is 5.56 Å². The Morgan fingerprint density at radius 2 is 1.44 bits per heavy atom. The van der Waals surface area contributed by atoms with Gasteiger partial charge >= 0.3 is 6.03 Å². The molecular formula is C15H17N3O5S2. The summed E-state index contributed by atoms with van der Waals surface area (Å²) in [7, 11) is -7.75. The molecule has 0 aromatic heterocycles. The molecule has 0 bridgehead atoms. The second-order valence-corrected chi connectivity index (χ2v) is 8.53. The fourth-order valence-corrected chi connectivity index (χ4v) is 3.36. The molecule has 0 spiro atoms. The Kier molecular flexibility index (Phi) is 5.45. The second kappa shape index (κ2) is 7.21. The molecule has 0 aliphatic carbocycles. The van der Waals surface area contributed by atoms with Crippen molar-refractivity contribution in [3.05, 3.63) is 59.7 Å². The number of urea groups is 1. The van der Waals surface area contributed by atoms with Crippen LogP contribution in [0.15, 0.2) is 58.3 Å². The lowest BCUT2D eigenvalue weighted by Gasteiger charge is -2.09. The molecule has 2 aromatic carbocycles. The van der Waals surface area contributed by atoms with Gasteiger partial charge in [0.05, 0.1) is 9.79 Å². The van der Waals surface area contributed by atoms with Crippen molar-refractivity contribution in [2.24, 2.45) is 5.14 Å². The Labute approximate surface area is 146 Å². The molecule has 0 radical (unpaired) electrons. The first-order chi connectivity index (χ1) is 11.6. The van der Waals surface area contributed by atoms with Crippen LogP contribution in [0.3, 0.4) is 0 Å². The molecule has 8 nitrogen and oxygen atoms in total. The summed E-state index contributed by atoms with van der Waals surface area (Å²) in [6.45, 7) is 1.83. The number of nitrogens with one attached hydrogen (secondary N) is 2. The summed E-state index contributed by atoms with van der Waals surface area (Å²) in [5.74, 6) is 0. The van der Waals surface area contributed by atoms with Gasteiger partial charge in [0.25, 0.3) is 10.0 Å². The summed E-state index contributed by atoms with van der Waals surface area (Å²) in [4.78, 5) is 11.7. The molecule has 2 aromatic rings. The Morgan fingerprint density at radius 1 is 0.920 bits per heavy atom. The van der Waals surface area contributed by atoms with Crippen molar-refractivity contribution in [1.82, 2.24) is 10.0 Å². The van der Waals surface area contributed by atoms with Gasteiger partial charge in [0.2, 0.25) is 10.0 Å². The number of aryl methyl sites for hydroxylation is 1. The van der Waals surface area contributed by atoms with E-state index >= 15 is 0 Å². The number of amides is 2. The molecule has 0 saturated carbocycles. The van der Waals surface area contributed by atoms with Gasteiger partial charge in [-0.1, -0.05) is 29.8 Å². The highest BCUT2D eigenvalue weighted by Gasteiger charge is 2.17. The predicted molar refractivity (Wildman–Crippen MR) is 91.6 cm³/mol. The highest BCUT2D eigenvalue weighted by molar-refractivity contribution is 7.90. The smallest absolute Gasteiger partial charge is 0.328 e. The number of hydrogen-bond acceptors (Lipinski definition) is 5. The molecule has 4 N–H and O–H groups in total. The lowest BCUT2D eigenvalue weighted by atomic mass is 10.2. The molecule has 0 fully saturated rings. The molecule has 2 amide bonds. The number of rotatable bonds is 5. The van der Waals surface area contributed by atoms with Crippen LogP contribution in [-0.4, -0.2) is 22.9 Å². The van der Waals surface area contributed by atoms with Crippen LogP contribution >= 0.6 is 0 Å². The third-order valence-electron chi connectivity index (χ3n) is 3.26. The van der Waals surface area contributed by atoms with E-state index in [-0.39, 0.29) is 16.3 Å². The zero-order chi connectivity index (χ0) is 18.7. The predicted octanol–water partition coefficient (Wildman–Crippen LogP) is 0.831. The Hall–Kier alpha value is -2.43. The molecule has 25 heavy (non-hydrogen) atoms. The zero-order valence-electron chi connectivity index (χ0n) is 13.3. The summed E-state index contributed by atoms with van der Waals surface area (Å²) >= 11 is 0. The maximum absolute atomic E-state index is 12.1. The maximum Gasteiger partial charge on any atom is 0.328 e. The summed E-state index contributed by atoms with van der Waals surface area (Å²) in [5.41, 5.74) is 1.47. The molecule has 0 aliphatic heterocycles. The topological polar surface area (TPSA) is 135 Å². The quantitative estimate of drug-likeness (QED) is 0.703. The lowest BCUT2D eigenvalue weighted by Crippen LogP contribution is -2.39. The van der Waals surface area contributed by atoms with Crippen LogP contribution < -0.4 is 15.2 Å². The Bertz CT molecular complexity index is 967. The molecule has 0 unspecified atom stereocenters. The van der Waals surface area contributed by atoms with E-state index < -0.39 is 26.1 Å². The second-order valence-electron chi connectivity index (χ2n) is 5.29. The SMILES string of the molecule is Cc1ccc(S(=O)(=O)NC(=O)NCc2ccc(S(N)(=O)=O)cc2)cc1. The largest absolute Gasteiger partial charge is 0.333 e. The van der Waals surface area contributed by atoms with Gasteiger partial charge in [0.1, 0.15) is 0 Å². The van der Waals surface area contributed by atoms with E-state index in [1.165, 1.54) is 36.4 Å². The number of carbonyl (C=O) groups is 1. The molecule has 2 rings (SSSR count). The van der Waals surface area contributed by atoms with Crippen molar-refractivity contribution in [2.75, 3.05) is 0 Å². The van der Waals surface area contributed by atoms with Crippen LogP contribution in [0, 0.1) is 6.92 Å². The van der Waals surface area contributed by atoms with Crippen molar-refractivity contribution in [2.45, 2.75) is 23.3 Å². The maximum atomic E-state index is 12.1. The van der Waals surface area contributed by atoms with Gasteiger partial charge in [0.15, 0.2) is 0 Å². The monoisotopic (exact) mass is 383 g/mol. The number of benzene rings is 2. The van der Waals surface area contributed by atoms with Gasteiger partial charge in [0, 0.05) is 6.54 Å². The average molecular weight is 383 g/mol. The first kappa shape index (κ1) is 18.9. The molecular weight excluding hydrogens is 366 g/mol. The van der Waals surface area contributed by atoms with Gasteiger partial charge in [-0.2, -0.15) is 0 Å². The van der Waals surface area contributed by atoms with E-state index in [1.807, 2.05) is 11.6 Å². The normalized spacial score (nSPS) is 11.8. The number of sulfonamides is 2. The Morgan fingerprint density at radius 3 is 1.96 bits per heavy atom. The molecule has 134 valence electrons. The van der Waals surface area contributed by atoms with Gasteiger partial charge in [-0.15, -0.1) is 0 Å². The van der Waals surface area contributed by atoms with E-state index in [0.717, 1.165) is 5.56 Å². The van der Waals surface area contributed by atoms with Crippen LogP contribution in [-0.2, 0) is 26.6 Å². The highest BCUT2D eigenvalue weighted by atomic mass is 32.2. The van der Waals surface area contributed by atoms with Crippen molar-refractivity contribution >= 4 is 26.1 Å². The third kappa shape index (κ3) is 5.28. The van der Waals surface area contributed by atoms with Gasteiger partial charge in [-0.3, -0.25) is 0 Å². The summed E-state index contributed by atoms with van der Waals surface area (Å²) in [5, 5.41) is 7.37. The number of carbonyl (C=O) groups excluding carboxylic acids is 1. The first-order valence-corrected chi connectivity index (χ1v) is 10.1.